The van der Waals surface area contributed by atoms with Gasteiger partial charge in [-0.2, -0.15) is 13.2 Å². The van der Waals surface area contributed by atoms with E-state index in [2.05, 4.69) is 5.32 Å². The molecule has 1 unspecified atom stereocenters. The fourth-order valence-corrected chi connectivity index (χ4v) is 1.63. The number of hydrogen-bond donors (Lipinski definition) is 2. The number of nitrogens with one attached hydrogen (secondary N) is 1. The fraction of sp³-hybridized carbons (Fsp3) is 0.909. The Morgan fingerprint density at radius 1 is 1.39 bits per heavy atom. The summed E-state index contributed by atoms with van der Waals surface area (Å²) in [5.74, 6) is -0.496. The number of nitrogens with two attached hydrogens (primary N) is 1. The topological polar surface area (TPSA) is 58.4 Å². The van der Waals surface area contributed by atoms with E-state index >= 15 is 0 Å². The van der Waals surface area contributed by atoms with Crippen LogP contribution in [0.1, 0.15) is 26.7 Å². The average Bonchev–Trinajstić information content (AvgIpc) is 2.25. The molecule has 0 aromatic carbocycles. The van der Waals surface area contributed by atoms with Crippen molar-refractivity contribution in [3.8, 4) is 0 Å². The molecule has 0 aromatic heterocycles. The Morgan fingerprint density at radius 3 is 2.28 bits per heavy atom. The van der Waals surface area contributed by atoms with E-state index in [0.717, 1.165) is 0 Å². The van der Waals surface area contributed by atoms with E-state index in [1.54, 1.807) is 20.9 Å². The van der Waals surface area contributed by atoms with Gasteiger partial charge >= 0.3 is 6.18 Å². The van der Waals surface area contributed by atoms with Gasteiger partial charge in [0, 0.05) is 0 Å². The van der Waals surface area contributed by atoms with Gasteiger partial charge in [0.15, 0.2) is 0 Å². The lowest BCUT2D eigenvalue weighted by Crippen LogP contribution is -2.51. The summed E-state index contributed by atoms with van der Waals surface area (Å²) in [5, 5.41) is 2.80. The average molecular weight is 269 g/mol. The lowest BCUT2D eigenvalue weighted by atomic mass is 9.95. The third-order valence-electron chi connectivity index (χ3n) is 3.10. The summed E-state index contributed by atoms with van der Waals surface area (Å²) in [5.41, 5.74) is 4.37. The molecule has 0 bridgehead atoms. The van der Waals surface area contributed by atoms with Crippen molar-refractivity contribution in [1.29, 1.82) is 0 Å². The molecule has 0 saturated carbocycles. The first-order chi connectivity index (χ1) is 8.14. The number of primary amides is 1. The molecule has 0 radical (unpaired) electrons. The summed E-state index contributed by atoms with van der Waals surface area (Å²) in [6.07, 6.45) is -3.30. The molecule has 4 nitrogen and oxygen atoms in total. The Labute approximate surface area is 106 Å². The van der Waals surface area contributed by atoms with Gasteiger partial charge in [-0.1, -0.05) is 6.92 Å². The van der Waals surface area contributed by atoms with Crippen LogP contribution in [0.5, 0.6) is 0 Å². The number of likely N-dealkylation sites (N-methyl/N-ethyl adjacent to an activating group) is 1. The number of carbonyl (C=O) groups is 1. The first kappa shape index (κ1) is 17.2. The van der Waals surface area contributed by atoms with Crippen LogP contribution < -0.4 is 11.1 Å². The summed E-state index contributed by atoms with van der Waals surface area (Å²) in [6.45, 7) is 3.02. The molecular weight excluding hydrogens is 247 g/mol. The van der Waals surface area contributed by atoms with Crippen LogP contribution in [0.15, 0.2) is 0 Å². The monoisotopic (exact) mass is 269 g/mol. The van der Waals surface area contributed by atoms with Crippen molar-refractivity contribution in [3.05, 3.63) is 0 Å². The summed E-state index contributed by atoms with van der Waals surface area (Å²) in [7, 11) is 1.61. The first-order valence-corrected chi connectivity index (χ1v) is 5.92. The molecular formula is C11H22F3N3O. The lowest BCUT2D eigenvalue weighted by molar-refractivity contribution is -0.145. The van der Waals surface area contributed by atoms with E-state index in [0.29, 0.717) is 25.9 Å². The zero-order chi connectivity index (χ0) is 14.4. The van der Waals surface area contributed by atoms with Crippen molar-refractivity contribution in [2.45, 2.75) is 38.4 Å². The molecule has 0 fully saturated rings. The number of carbonyl (C=O) groups excluding carboxylic acids is 1. The summed E-state index contributed by atoms with van der Waals surface area (Å²) in [4.78, 5) is 12.5. The molecule has 1 atom stereocenters. The van der Waals surface area contributed by atoms with E-state index in [1.165, 1.54) is 4.90 Å². The highest BCUT2D eigenvalue weighted by molar-refractivity contribution is 5.84. The van der Waals surface area contributed by atoms with Crippen LogP contribution in [0.4, 0.5) is 13.2 Å². The maximum Gasteiger partial charge on any atom is 0.401 e. The second kappa shape index (κ2) is 6.94. The Morgan fingerprint density at radius 2 is 1.94 bits per heavy atom. The zero-order valence-electron chi connectivity index (χ0n) is 11.1. The molecule has 0 rings (SSSR count). The zero-order valence-corrected chi connectivity index (χ0v) is 11.1. The largest absolute Gasteiger partial charge is 0.401 e. The Bertz CT molecular complexity index is 271. The van der Waals surface area contributed by atoms with Gasteiger partial charge in [0.05, 0.1) is 12.1 Å². The normalized spacial score (nSPS) is 15.7. The lowest BCUT2D eigenvalue weighted by Gasteiger charge is -2.27. The maximum absolute atomic E-state index is 12.2. The highest BCUT2D eigenvalue weighted by atomic mass is 19.4. The number of alkyl halides is 3. The van der Waals surface area contributed by atoms with E-state index < -0.39 is 24.2 Å². The summed E-state index contributed by atoms with van der Waals surface area (Å²) < 4.78 is 36.7. The molecule has 0 aromatic rings. The van der Waals surface area contributed by atoms with Gasteiger partial charge in [0.1, 0.15) is 0 Å². The Kier molecular flexibility index (Phi) is 6.62. The van der Waals surface area contributed by atoms with Crippen LogP contribution in [0, 0.1) is 0 Å². The van der Waals surface area contributed by atoms with Crippen LogP contribution in [-0.4, -0.2) is 49.2 Å². The maximum atomic E-state index is 12.2. The van der Waals surface area contributed by atoms with Crippen LogP contribution in [0.25, 0.3) is 0 Å². The van der Waals surface area contributed by atoms with Crippen LogP contribution in [0.3, 0.4) is 0 Å². The fourth-order valence-electron chi connectivity index (χ4n) is 1.63. The molecule has 0 heterocycles. The smallest absolute Gasteiger partial charge is 0.368 e. The van der Waals surface area contributed by atoms with Gasteiger partial charge in [-0.25, -0.2) is 0 Å². The standard InChI is InChI=1S/C11H22F3N3O/c1-4-17(8-11(12,13)14)7-5-6-10(2,16-3)9(15)18/h16H,4-8H2,1-3H3,(H2,15,18). The van der Waals surface area contributed by atoms with E-state index in [9.17, 15) is 18.0 Å². The minimum absolute atomic E-state index is 0.292. The highest BCUT2D eigenvalue weighted by Gasteiger charge is 2.31. The molecule has 0 aliphatic heterocycles. The SMILES string of the molecule is CCN(CCCC(C)(NC)C(N)=O)CC(F)(F)F. The molecule has 0 aliphatic rings. The van der Waals surface area contributed by atoms with E-state index in [-0.39, 0.29) is 0 Å². The number of halogens is 3. The van der Waals surface area contributed by atoms with Crippen LogP contribution >= 0.6 is 0 Å². The molecule has 18 heavy (non-hydrogen) atoms. The van der Waals surface area contributed by atoms with Gasteiger partial charge in [-0.05, 0) is 39.9 Å². The number of nitrogens with zero attached hydrogens (tertiary/aromatic N) is 1. The molecule has 0 spiro atoms. The van der Waals surface area contributed by atoms with E-state index in [4.69, 9.17) is 5.73 Å². The quantitative estimate of drug-likeness (QED) is 0.694. The van der Waals surface area contributed by atoms with Gasteiger partial charge in [0.25, 0.3) is 0 Å². The van der Waals surface area contributed by atoms with Gasteiger partial charge in [-0.3, -0.25) is 9.69 Å². The van der Waals surface area contributed by atoms with Crippen molar-refractivity contribution in [2.24, 2.45) is 5.73 Å². The third kappa shape index (κ3) is 6.20. The number of hydrogen-bond acceptors (Lipinski definition) is 3. The van der Waals surface area contributed by atoms with Crippen molar-refractivity contribution in [2.75, 3.05) is 26.7 Å². The van der Waals surface area contributed by atoms with Gasteiger partial charge in [0.2, 0.25) is 5.91 Å². The molecule has 1 amide bonds. The summed E-state index contributed by atoms with van der Waals surface area (Å²) in [6, 6.07) is 0. The second-order valence-electron chi connectivity index (χ2n) is 4.53. The van der Waals surface area contributed by atoms with Crippen LogP contribution in [0.2, 0.25) is 0 Å². The van der Waals surface area contributed by atoms with Gasteiger partial charge in [-0.15, -0.1) is 0 Å². The molecule has 0 aliphatic carbocycles. The third-order valence-corrected chi connectivity index (χ3v) is 3.10. The van der Waals surface area contributed by atoms with Crippen molar-refractivity contribution in [1.82, 2.24) is 10.2 Å². The number of amides is 1. The predicted molar refractivity (Wildman–Crippen MR) is 64.1 cm³/mol. The Balaban J connectivity index is 4.19. The van der Waals surface area contributed by atoms with Gasteiger partial charge < -0.3 is 11.1 Å². The number of rotatable bonds is 8. The highest BCUT2D eigenvalue weighted by Crippen LogP contribution is 2.17. The van der Waals surface area contributed by atoms with E-state index in [1.807, 2.05) is 0 Å². The van der Waals surface area contributed by atoms with Crippen molar-refractivity contribution < 1.29 is 18.0 Å². The second-order valence-corrected chi connectivity index (χ2v) is 4.53. The molecule has 108 valence electrons. The Hall–Kier alpha value is -0.820. The van der Waals surface area contributed by atoms with Crippen molar-refractivity contribution in [3.63, 3.8) is 0 Å². The summed E-state index contributed by atoms with van der Waals surface area (Å²) >= 11 is 0. The van der Waals surface area contributed by atoms with Crippen LogP contribution in [-0.2, 0) is 4.79 Å². The minimum Gasteiger partial charge on any atom is -0.368 e. The molecule has 3 N–H and O–H groups in total. The predicted octanol–water partition coefficient (Wildman–Crippen LogP) is 1.11. The molecule has 0 saturated heterocycles. The minimum atomic E-state index is -4.19. The van der Waals surface area contributed by atoms with Crippen molar-refractivity contribution >= 4 is 5.91 Å². The molecule has 7 heteroatoms. The first-order valence-electron chi connectivity index (χ1n) is 5.92.